The number of esters is 1. The van der Waals surface area contributed by atoms with Gasteiger partial charge in [-0.1, -0.05) is 11.6 Å². The molecular weight excluding hydrogens is 376 g/mol. The minimum absolute atomic E-state index is 0.130. The number of aromatic amines is 1. The van der Waals surface area contributed by atoms with Crippen molar-refractivity contribution in [1.29, 1.82) is 0 Å². The van der Waals surface area contributed by atoms with Gasteiger partial charge in [0.15, 0.2) is 0 Å². The molecule has 0 aliphatic rings. The first-order chi connectivity index (χ1) is 12.6. The zero-order valence-electron chi connectivity index (χ0n) is 14.0. The van der Waals surface area contributed by atoms with Crippen molar-refractivity contribution in [2.75, 3.05) is 11.9 Å². The maximum Gasteiger partial charge on any atom is 0.326 e. The van der Waals surface area contributed by atoms with Crippen LogP contribution in [0, 0.1) is 0 Å². The van der Waals surface area contributed by atoms with E-state index in [9.17, 15) is 9.59 Å². The van der Waals surface area contributed by atoms with Gasteiger partial charge in [0.05, 0.1) is 28.7 Å². The van der Waals surface area contributed by atoms with Crippen LogP contribution in [0.5, 0.6) is 0 Å². The fourth-order valence-electron chi connectivity index (χ4n) is 2.38. The van der Waals surface area contributed by atoms with Crippen LogP contribution >= 0.6 is 22.9 Å². The lowest BCUT2D eigenvalue weighted by Gasteiger charge is -2.06. The van der Waals surface area contributed by atoms with Crippen molar-refractivity contribution in [3.63, 3.8) is 0 Å². The number of nitrogens with one attached hydrogen (secondary N) is 2. The van der Waals surface area contributed by atoms with E-state index in [1.165, 1.54) is 15.9 Å². The molecule has 0 bridgehead atoms. The van der Waals surface area contributed by atoms with Gasteiger partial charge in [-0.2, -0.15) is 5.10 Å². The van der Waals surface area contributed by atoms with Crippen LogP contribution in [0.4, 0.5) is 5.82 Å². The molecule has 3 aromatic heterocycles. The third-order valence-electron chi connectivity index (χ3n) is 3.56. The van der Waals surface area contributed by atoms with Crippen molar-refractivity contribution in [3.8, 4) is 11.3 Å². The lowest BCUT2D eigenvalue weighted by molar-refractivity contribution is -0.143. The molecule has 0 aliphatic heterocycles. The Kier molecular flexibility index (Phi) is 5.75. The highest BCUT2D eigenvalue weighted by atomic mass is 35.5. The Hall–Kier alpha value is -2.58. The predicted molar refractivity (Wildman–Crippen MR) is 102 cm³/mol. The molecular formula is C17H17ClN4O3S. The largest absolute Gasteiger partial charge is 0.465 e. The van der Waals surface area contributed by atoms with Gasteiger partial charge in [-0.15, -0.1) is 11.3 Å². The molecule has 0 aromatic carbocycles. The fraction of sp³-hybridized carbons (Fsp3) is 0.235. The van der Waals surface area contributed by atoms with Gasteiger partial charge in [0.25, 0.3) is 5.56 Å². The molecule has 3 heterocycles. The highest BCUT2D eigenvalue weighted by molar-refractivity contribution is 7.16. The van der Waals surface area contributed by atoms with E-state index in [1.807, 2.05) is 12.1 Å². The van der Waals surface area contributed by atoms with Crippen molar-refractivity contribution in [3.05, 3.63) is 56.1 Å². The molecule has 0 spiro atoms. The summed E-state index contributed by atoms with van der Waals surface area (Å²) >= 11 is 7.41. The first kappa shape index (κ1) is 18.2. The molecule has 0 amide bonds. The Morgan fingerprint density at radius 3 is 3.00 bits per heavy atom. The van der Waals surface area contributed by atoms with E-state index in [0.717, 1.165) is 9.21 Å². The molecule has 9 heteroatoms. The molecule has 0 atom stereocenters. The molecule has 136 valence electrons. The zero-order chi connectivity index (χ0) is 18.5. The number of carbonyl (C=O) groups is 1. The summed E-state index contributed by atoms with van der Waals surface area (Å²) in [7, 11) is 0. The fourth-order valence-corrected chi connectivity index (χ4v) is 3.41. The molecule has 0 aliphatic carbocycles. The van der Waals surface area contributed by atoms with Gasteiger partial charge < -0.3 is 14.6 Å². The van der Waals surface area contributed by atoms with Crippen molar-refractivity contribution in [2.45, 2.75) is 20.0 Å². The van der Waals surface area contributed by atoms with Crippen LogP contribution in [0.3, 0.4) is 0 Å². The van der Waals surface area contributed by atoms with E-state index in [1.54, 1.807) is 31.3 Å². The molecule has 2 N–H and O–H groups in total. The minimum atomic E-state index is -0.453. The van der Waals surface area contributed by atoms with E-state index in [0.29, 0.717) is 23.6 Å². The number of halogens is 1. The van der Waals surface area contributed by atoms with Crippen molar-refractivity contribution < 1.29 is 9.53 Å². The second-order valence-corrected chi connectivity index (χ2v) is 7.19. The monoisotopic (exact) mass is 392 g/mol. The number of carbonyl (C=O) groups excluding carboxylic acids is 1. The third kappa shape index (κ3) is 4.33. The van der Waals surface area contributed by atoms with Gasteiger partial charge in [-0.05, 0) is 31.2 Å². The van der Waals surface area contributed by atoms with E-state index in [4.69, 9.17) is 16.3 Å². The molecule has 0 radical (unpaired) electrons. The van der Waals surface area contributed by atoms with Crippen LogP contribution < -0.4 is 10.9 Å². The number of nitrogens with zero attached hydrogens (tertiary/aromatic N) is 2. The Balaban J connectivity index is 1.74. The summed E-state index contributed by atoms with van der Waals surface area (Å²) in [6, 6.07) is 8.91. The summed E-state index contributed by atoms with van der Waals surface area (Å²) in [4.78, 5) is 25.3. The molecule has 0 saturated carbocycles. The predicted octanol–water partition coefficient (Wildman–Crippen LogP) is 3.13. The summed E-state index contributed by atoms with van der Waals surface area (Å²) in [6.45, 7) is 2.46. The number of hydrogen-bond donors (Lipinski definition) is 2. The SMILES string of the molecule is CCOC(=O)Cn1cccc(-c2cc(NCc3ccc(Cl)s3)[nH]n2)c1=O. The van der Waals surface area contributed by atoms with E-state index in [2.05, 4.69) is 15.5 Å². The lowest BCUT2D eigenvalue weighted by Crippen LogP contribution is -2.25. The Morgan fingerprint density at radius 1 is 1.42 bits per heavy atom. The van der Waals surface area contributed by atoms with E-state index >= 15 is 0 Å². The van der Waals surface area contributed by atoms with Crippen molar-refractivity contribution in [2.24, 2.45) is 0 Å². The maximum absolute atomic E-state index is 12.6. The summed E-state index contributed by atoms with van der Waals surface area (Å²) in [5, 5.41) is 10.2. The molecule has 0 saturated heterocycles. The number of H-pyrrole nitrogens is 1. The van der Waals surface area contributed by atoms with Crippen molar-refractivity contribution >= 4 is 34.7 Å². The number of rotatable bonds is 7. The Labute approximate surface area is 158 Å². The average molecular weight is 393 g/mol. The van der Waals surface area contributed by atoms with Crippen LogP contribution in [-0.2, 0) is 22.6 Å². The smallest absolute Gasteiger partial charge is 0.326 e. The normalized spacial score (nSPS) is 10.7. The van der Waals surface area contributed by atoms with Gasteiger partial charge in [0.2, 0.25) is 0 Å². The number of hydrogen-bond acceptors (Lipinski definition) is 6. The van der Waals surface area contributed by atoms with Crippen molar-refractivity contribution in [1.82, 2.24) is 14.8 Å². The van der Waals surface area contributed by atoms with Crippen LogP contribution in [0.1, 0.15) is 11.8 Å². The van der Waals surface area contributed by atoms with Crippen LogP contribution in [0.25, 0.3) is 11.3 Å². The number of ether oxygens (including phenoxy) is 1. The number of anilines is 1. The summed E-state index contributed by atoms with van der Waals surface area (Å²) in [5.74, 6) is 0.232. The second kappa shape index (κ2) is 8.20. The van der Waals surface area contributed by atoms with Crippen LogP contribution in [0.2, 0.25) is 4.34 Å². The summed E-state index contributed by atoms with van der Waals surface area (Å²) in [5.41, 5.74) is 0.601. The van der Waals surface area contributed by atoms with Crippen LogP contribution in [-0.4, -0.2) is 27.3 Å². The quantitative estimate of drug-likeness (QED) is 0.603. The van der Waals surface area contributed by atoms with Gasteiger partial charge in [-0.25, -0.2) is 0 Å². The van der Waals surface area contributed by atoms with Gasteiger partial charge in [0, 0.05) is 17.1 Å². The highest BCUT2D eigenvalue weighted by Crippen LogP contribution is 2.23. The highest BCUT2D eigenvalue weighted by Gasteiger charge is 2.12. The maximum atomic E-state index is 12.6. The number of aromatic nitrogens is 3. The average Bonchev–Trinajstić information content (AvgIpc) is 3.24. The Bertz CT molecular complexity index is 963. The Morgan fingerprint density at radius 2 is 2.27 bits per heavy atom. The molecule has 3 rings (SSSR count). The number of pyridine rings is 1. The third-order valence-corrected chi connectivity index (χ3v) is 4.79. The lowest BCUT2D eigenvalue weighted by atomic mass is 10.2. The standard InChI is InChI=1S/C17H17ClN4O3S/c1-2-25-16(23)10-22-7-3-4-12(17(22)24)13-8-15(21-20-13)19-9-11-5-6-14(18)26-11/h3-8H,2,9-10H2,1H3,(H2,19,20,21). The molecule has 26 heavy (non-hydrogen) atoms. The summed E-state index contributed by atoms with van der Waals surface area (Å²) in [6.07, 6.45) is 1.55. The van der Waals surface area contributed by atoms with Gasteiger partial charge >= 0.3 is 5.97 Å². The van der Waals surface area contributed by atoms with Gasteiger partial charge in [-0.3, -0.25) is 14.7 Å². The zero-order valence-corrected chi connectivity index (χ0v) is 15.6. The van der Waals surface area contributed by atoms with E-state index < -0.39 is 5.97 Å². The second-order valence-electron chi connectivity index (χ2n) is 5.39. The molecule has 0 unspecified atom stereocenters. The molecule has 3 aromatic rings. The van der Waals surface area contributed by atoms with Gasteiger partial charge in [0.1, 0.15) is 12.4 Å². The molecule has 0 fully saturated rings. The van der Waals surface area contributed by atoms with Crippen LogP contribution in [0.15, 0.2) is 41.3 Å². The topological polar surface area (TPSA) is 89.0 Å². The first-order valence-electron chi connectivity index (χ1n) is 7.95. The molecule has 7 nitrogen and oxygen atoms in total. The first-order valence-corrected chi connectivity index (χ1v) is 9.15. The van der Waals surface area contributed by atoms with E-state index in [-0.39, 0.29) is 18.7 Å². The number of thiophene rings is 1. The minimum Gasteiger partial charge on any atom is -0.465 e. The summed E-state index contributed by atoms with van der Waals surface area (Å²) < 4.78 is 6.93.